The topological polar surface area (TPSA) is 20.3 Å². The maximum Gasteiger partial charge on any atom is 0.167 e. The number of Topliss-reactive ketones (excluding diaryl/α,β-unsaturated/α-hetero) is 1. The minimum absolute atomic E-state index is 0.148. The summed E-state index contributed by atoms with van der Waals surface area (Å²) in [5, 5.41) is 0. The fraction of sp³-hybridized carbons (Fsp3) is 0.400. The Bertz CT molecular complexity index is 425. The average Bonchev–Trinajstić information content (AvgIpc) is 2.33. The van der Waals surface area contributed by atoms with Crippen LogP contribution in [0.1, 0.15) is 22.3 Å². The van der Waals surface area contributed by atoms with E-state index in [-0.39, 0.29) is 5.92 Å². The van der Waals surface area contributed by atoms with Gasteiger partial charge in [0.2, 0.25) is 0 Å². The van der Waals surface area contributed by atoms with Gasteiger partial charge >= 0.3 is 0 Å². The molecule has 0 unspecified atom stereocenters. The Hall–Kier alpha value is -1.41. The molecule has 0 aliphatic heterocycles. The highest BCUT2D eigenvalue weighted by molar-refractivity contribution is 6.00. The van der Waals surface area contributed by atoms with Crippen LogP contribution in [0.3, 0.4) is 0 Å². The van der Waals surface area contributed by atoms with Gasteiger partial charge in [-0.1, -0.05) is 30.3 Å². The van der Waals surface area contributed by atoms with Crippen molar-refractivity contribution in [3.05, 3.63) is 48.0 Å². The summed E-state index contributed by atoms with van der Waals surface area (Å²) in [5.41, 5.74) is 2.14. The van der Waals surface area contributed by atoms with Crippen LogP contribution in [0, 0.1) is 5.92 Å². The number of fused-ring (bicyclic) bond motifs is 1. The number of hydrogen-bond donors (Lipinski definition) is 0. The van der Waals surface area contributed by atoms with Crippen LogP contribution in [-0.4, -0.2) is 30.8 Å². The molecule has 0 bridgehead atoms. The van der Waals surface area contributed by atoms with Gasteiger partial charge in [-0.25, -0.2) is 0 Å². The number of rotatable bonds is 4. The summed E-state index contributed by atoms with van der Waals surface area (Å²) in [4.78, 5) is 14.5. The summed E-state index contributed by atoms with van der Waals surface area (Å²) in [6.07, 6.45) is 3.87. The minimum atomic E-state index is 0.148. The largest absolute Gasteiger partial charge is 0.302 e. The minimum Gasteiger partial charge on any atom is -0.302 e. The predicted octanol–water partition coefficient (Wildman–Crippen LogP) is 2.55. The average molecular weight is 229 g/mol. The van der Waals surface area contributed by atoms with Crippen LogP contribution < -0.4 is 0 Å². The molecule has 1 aliphatic rings. The number of likely N-dealkylation sites (N-methyl/N-ethyl adjacent to an activating group) is 1. The molecule has 0 heterocycles. The lowest BCUT2D eigenvalue weighted by Gasteiger charge is -2.26. The van der Waals surface area contributed by atoms with E-state index in [4.69, 9.17) is 0 Å². The van der Waals surface area contributed by atoms with E-state index >= 15 is 0 Å². The van der Waals surface area contributed by atoms with Crippen molar-refractivity contribution in [2.45, 2.75) is 12.8 Å². The van der Waals surface area contributed by atoms with Crippen molar-refractivity contribution in [1.82, 2.24) is 4.90 Å². The molecule has 0 saturated carbocycles. The second-order valence-electron chi connectivity index (χ2n) is 4.77. The molecule has 1 aromatic carbocycles. The molecule has 17 heavy (non-hydrogen) atoms. The molecule has 1 aromatic rings. The monoisotopic (exact) mass is 229 g/mol. The van der Waals surface area contributed by atoms with E-state index in [1.54, 1.807) is 0 Å². The summed E-state index contributed by atoms with van der Waals surface area (Å²) in [6, 6.07) is 7.98. The van der Waals surface area contributed by atoms with E-state index in [1.165, 1.54) is 5.56 Å². The SMILES string of the molecule is C=CCN(C)C[C@H]1CCc2ccccc2C1=O. The van der Waals surface area contributed by atoms with Crippen LogP contribution in [0.15, 0.2) is 36.9 Å². The van der Waals surface area contributed by atoms with Gasteiger partial charge in [0.05, 0.1) is 0 Å². The molecule has 0 saturated heterocycles. The molecule has 0 radical (unpaired) electrons. The fourth-order valence-corrected chi connectivity index (χ4v) is 2.50. The van der Waals surface area contributed by atoms with E-state index in [0.29, 0.717) is 5.78 Å². The van der Waals surface area contributed by atoms with Crippen molar-refractivity contribution >= 4 is 5.78 Å². The summed E-state index contributed by atoms with van der Waals surface area (Å²) in [6.45, 7) is 5.39. The summed E-state index contributed by atoms with van der Waals surface area (Å²) in [5.74, 6) is 0.456. The Morgan fingerprint density at radius 3 is 3.00 bits per heavy atom. The maximum absolute atomic E-state index is 12.3. The molecule has 1 atom stereocenters. The molecular weight excluding hydrogens is 210 g/mol. The highest BCUT2D eigenvalue weighted by atomic mass is 16.1. The first-order chi connectivity index (χ1) is 8.22. The van der Waals surface area contributed by atoms with Crippen LogP contribution in [0.5, 0.6) is 0 Å². The van der Waals surface area contributed by atoms with Crippen molar-refractivity contribution in [2.75, 3.05) is 20.1 Å². The smallest absolute Gasteiger partial charge is 0.167 e. The van der Waals surface area contributed by atoms with Crippen LogP contribution >= 0.6 is 0 Å². The molecule has 1 aliphatic carbocycles. The van der Waals surface area contributed by atoms with Crippen molar-refractivity contribution in [3.63, 3.8) is 0 Å². The zero-order chi connectivity index (χ0) is 12.3. The van der Waals surface area contributed by atoms with Gasteiger partial charge in [-0.05, 0) is 25.5 Å². The molecule has 0 aromatic heterocycles. The second-order valence-corrected chi connectivity index (χ2v) is 4.77. The van der Waals surface area contributed by atoms with Crippen LogP contribution in [0.4, 0.5) is 0 Å². The normalized spacial score (nSPS) is 19.2. The van der Waals surface area contributed by atoms with Gasteiger partial charge in [-0.3, -0.25) is 4.79 Å². The molecular formula is C15H19NO. The number of carbonyl (C=O) groups is 1. The van der Waals surface area contributed by atoms with Gasteiger partial charge in [0.15, 0.2) is 5.78 Å². The number of benzene rings is 1. The molecule has 2 rings (SSSR count). The molecule has 0 spiro atoms. The van der Waals surface area contributed by atoms with Crippen molar-refractivity contribution in [2.24, 2.45) is 5.92 Å². The third kappa shape index (κ3) is 2.64. The Balaban J connectivity index is 2.09. The van der Waals surface area contributed by atoms with Gasteiger partial charge in [-0.15, -0.1) is 6.58 Å². The Kier molecular flexibility index (Phi) is 3.75. The van der Waals surface area contributed by atoms with Gasteiger partial charge < -0.3 is 4.90 Å². The number of hydrogen-bond acceptors (Lipinski definition) is 2. The quantitative estimate of drug-likeness (QED) is 0.739. The van der Waals surface area contributed by atoms with Crippen molar-refractivity contribution in [3.8, 4) is 0 Å². The summed E-state index contributed by atoms with van der Waals surface area (Å²) in [7, 11) is 2.04. The number of aryl methyl sites for hydroxylation is 1. The van der Waals surface area contributed by atoms with E-state index in [9.17, 15) is 4.79 Å². The van der Waals surface area contributed by atoms with Crippen LogP contribution in [0.2, 0.25) is 0 Å². The predicted molar refractivity (Wildman–Crippen MR) is 70.3 cm³/mol. The van der Waals surface area contributed by atoms with Crippen molar-refractivity contribution in [1.29, 1.82) is 0 Å². The lowest BCUT2D eigenvalue weighted by atomic mass is 9.82. The standard InChI is InChI=1S/C15H19NO/c1-3-10-16(2)11-13-9-8-12-6-4-5-7-14(12)15(13)17/h3-7,13H,1,8-11H2,2H3/t13-/m1/s1. The molecule has 0 fully saturated rings. The van der Waals surface area contributed by atoms with Crippen LogP contribution in [0.25, 0.3) is 0 Å². The lowest BCUT2D eigenvalue weighted by Crippen LogP contribution is -2.33. The van der Waals surface area contributed by atoms with Gasteiger partial charge in [-0.2, -0.15) is 0 Å². The van der Waals surface area contributed by atoms with E-state index < -0.39 is 0 Å². The molecule has 0 amide bonds. The molecule has 2 heteroatoms. The molecule has 0 N–H and O–H groups in total. The lowest BCUT2D eigenvalue weighted by molar-refractivity contribution is 0.0873. The Labute approximate surface area is 103 Å². The van der Waals surface area contributed by atoms with E-state index in [1.807, 2.05) is 31.3 Å². The van der Waals surface area contributed by atoms with Crippen molar-refractivity contribution < 1.29 is 4.79 Å². The number of nitrogens with zero attached hydrogens (tertiary/aromatic N) is 1. The first kappa shape index (κ1) is 12.1. The van der Waals surface area contributed by atoms with Gasteiger partial charge in [0, 0.05) is 24.6 Å². The van der Waals surface area contributed by atoms with Gasteiger partial charge in [0.25, 0.3) is 0 Å². The third-order valence-electron chi connectivity index (χ3n) is 3.39. The zero-order valence-electron chi connectivity index (χ0n) is 10.4. The van der Waals surface area contributed by atoms with E-state index in [2.05, 4.69) is 17.5 Å². The summed E-state index contributed by atoms with van der Waals surface area (Å²) < 4.78 is 0. The number of ketones is 1. The Morgan fingerprint density at radius 2 is 2.24 bits per heavy atom. The third-order valence-corrected chi connectivity index (χ3v) is 3.39. The number of carbonyl (C=O) groups excluding carboxylic acids is 1. The van der Waals surface area contributed by atoms with Crippen LogP contribution in [-0.2, 0) is 6.42 Å². The highest BCUT2D eigenvalue weighted by Gasteiger charge is 2.27. The maximum atomic E-state index is 12.3. The Morgan fingerprint density at radius 1 is 1.47 bits per heavy atom. The van der Waals surface area contributed by atoms with E-state index in [0.717, 1.165) is 31.5 Å². The first-order valence-electron chi connectivity index (χ1n) is 6.14. The molecule has 90 valence electrons. The first-order valence-corrected chi connectivity index (χ1v) is 6.14. The fourth-order valence-electron chi connectivity index (χ4n) is 2.50. The molecule has 2 nitrogen and oxygen atoms in total. The van der Waals surface area contributed by atoms with Gasteiger partial charge in [0.1, 0.15) is 0 Å². The second kappa shape index (κ2) is 5.28. The zero-order valence-corrected chi connectivity index (χ0v) is 10.4. The summed E-state index contributed by atoms with van der Waals surface area (Å²) >= 11 is 0. The highest BCUT2D eigenvalue weighted by Crippen LogP contribution is 2.25.